The van der Waals surface area contributed by atoms with E-state index in [0.29, 0.717) is 4.75 Å². The first-order valence-corrected chi connectivity index (χ1v) is 9.09. The van der Waals surface area contributed by atoms with Crippen LogP contribution in [0.15, 0.2) is 11.8 Å². The lowest BCUT2D eigenvalue weighted by atomic mass is 10.3. The molecule has 0 fully saturated rings. The molecular weight excluding hydrogens is 180 g/mol. The minimum absolute atomic E-state index is 0.407. The minimum atomic E-state index is -0.947. The van der Waals surface area contributed by atoms with E-state index in [1.54, 1.807) is 0 Å². The molecule has 0 heterocycles. The lowest BCUT2D eigenvalue weighted by Gasteiger charge is -2.16. The Morgan fingerprint density at radius 3 is 2.00 bits per heavy atom. The SMILES string of the molecule is CC(C)(C)SC/C=C/[Si](C)(C)C. The second-order valence-corrected chi connectivity index (χ2v) is 12.1. The summed E-state index contributed by atoms with van der Waals surface area (Å²) in [7, 11) is -0.947. The van der Waals surface area contributed by atoms with Crippen molar-refractivity contribution < 1.29 is 0 Å². The molecular formula is C10H22SSi. The van der Waals surface area contributed by atoms with E-state index in [1.807, 2.05) is 11.8 Å². The first-order valence-electron chi connectivity index (χ1n) is 4.52. The molecule has 0 rings (SSSR count). The van der Waals surface area contributed by atoms with Gasteiger partial charge in [-0.15, -0.1) is 0 Å². The summed E-state index contributed by atoms with van der Waals surface area (Å²) in [4.78, 5) is 0. The first kappa shape index (κ1) is 12.3. The lowest BCUT2D eigenvalue weighted by Crippen LogP contribution is -2.15. The Labute approximate surface area is 82.8 Å². The average molecular weight is 202 g/mol. The van der Waals surface area contributed by atoms with Crippen LogP contribution in [-0.4, -0.2) is 18.6 Å². The van der Waals surface area contributed by atoms with Gasteiger partial charge >= 0.3 is 0 Å². The molecule has 0 aromatic rings. The Bertz CT molecular complexity index is 148. The maximum atomic E-state index is 2.42. The molecule has 0 amide bonds. The van der Waals surface area contributed by atoms with Gasteiger partial charge in [0.15, 0.2) is 0 Å². The zero-order valence-electron chi connectivity index (χ0n) is 9.27. The largest absolute Gasteiger partial charge is 0.152 e. The molecule has 0 aromatic carbocycles. The Morgan fingerprint density at radius 2 is 1.67 bits per heavy atom. The van der Waals surface area contributed by atoms with Crippen molar-refractivity contribution >= 4 is 19.8 Å². The number of thioether (sulfide) groups is 1. The van der Waals surface area contributed by atoms with Gasteiger partial charge in [0.1, 0.15) is 0 Å². The lowest BCUT2D eigenvalue weighted by molar-refractivity contribution is 0.804. The monoisotopic (exact) mass is 202 g/mol. The normalized spacial score (nSPS) is 14.2. The van der Waals surface area contributed by atoms with Crippen LogP contribution in [0.1, 0.15) is 20.8 Å². The van der Waals surface area contributed by atoms with E-state index in [-0.39, 0.29) is 0 Å². The summed E-state index contributed by atoms with van der Waals surface area (Å²) in [5, 5.41) is 0. The molecule has 0 saturated heterocycles. The standard InChI is InChI=1S/C10H22SSi/c1-10(2,3)11-8-7-9-12(4,5)6/h7,9H,8H2,1-6H3/b9-7+. The van der Waals surface area contributed by atoms with Crippen LogP contribution >= 0.6 is 11.8 Å². The first-order chi connectivity index (χ1) is 5.21. The Morgan fingerprint density at radius 1 is 1.17 bits per heavy atom. The van der Waals surface area contributed by atoms with E-state index in [2.05, 4.69) is 52.2 Å². The quantitative estimate of drug-likeness (QED) is 0.625. The summed E-state index contributed by atoms with van der Waals surface area (Å²) in [6, 6.07) is 0. The maximum Gasteiger partial charge on any atom is 0.0683 e. The van der Waals surface area contributed by atoms with Gasteiger partial charge < -0.3 is 0 Å². The summed E-state index contributed by atoms with van der Waals surface area (Å²) < 4.78 is 0.407. The fourth-order valence-electron chi connectivity index (χ4n) is 0.700. The van der Waals surface area contributed by atoms with Crippen LogP contribution in [0.5, 0.6) is 0 Å². The van der Waals surface area contributed by atoms with E-state index >= 15 is 0 Å². The van der Waals surface area contributed by atoms with Crippen LogP contribution in [0.3, 0.4) is 0 Å². The summed E-state index contributed by atoms with van der Waals surface area (Å²) in [5.41, 5.74) is 2.42. The molecule has 0 saturated carbocycles. The molecule has 0 atom stereocenters. The van der Waals surface area contributed by atoms with Crippen molar-refractivity contribution in [2.45, 2.75) is 45.2 Å². The van der Waals surface area contributed by atoms with Gasteiger partial charge in [-0.3, -0.25) is 0 Å². The smallest absolute Gasteiger partial charge is 0.0683 e. The number of hydrogen-bond acceptors (Lipinski definition) is 1. The number of hydrogen-bond donors (Lipinski definition) is 0. The van der Waals surface area contributed by atoms with Gasteiger partial charge in [0, 0.05) is 10.5 Å². The van der Waals surface area contributed by atoms with E-state index in [0.717, 1.165) is 5.75 Å². The van der Waals surface area contributed by atoms with Crippen LogP contribution in [0.25, 0.3) is 0 Å². The Kier molecular flexibility index (Phi) is 4.63. The van der Waals surface area contributed by atoms with Crippen molar-refractivity contribution in [2.24, 2.45) is 0 Å². The molecule has 0 aliphatic heterocycles. The average Bonchev–Trinajstić information content (AvgIpc) is 1.76. The second kappa shape index (κ2) is 4.52. The molecule has 0 unspecified atom stereocenters. The highest BCUT2D eigenvalue weighted by atomic mass is 32.2. The van der Waals surface area contributed by atoms with Crippen LogP contribution in [0.4, 0.5) is 0 Å². The molecule has 0 aliphatic carbocycles. The molecule has 0 spiro atoms. The highest BCUT2D eigenvalue weighted by Crippen LogP contribution is 2.23. The van der Waals surface area contributed by atoms with Gasteiger partial charge in [0.05, 0.1) is 8.07 Å². The zero-order chi connectivity index (χ0) is 9.83. The summed E-state index contributed by atoms with van der Waals surface area (Å²) >= 11 is 2.01. The highest BCUT2D eigenvalue weighted by molar-refractivity contribution is 8.00. The molecule has 12 heavy (non-hydrogen) atoms. The molecule has 0 radical (unpaired) electrons. The van der Waals surface area contributed by atoms with Crippen LogP contribution in [0.2, 0.25) is 19.6 Å². The van der Waals surface area contributed by atoms with Crippen LogP contribution < -0.4 is 0 Å². The Hall–Kier alpha value is 0.307. The third kappa shape index (κ3) is 10.3. The van der Waals surface area contributed by atoms with Gasteiger partial charge in [0.25, 0.3) is 0 Å². The predicted octanol–water partition coefficient (Wildman–Crippen LogP) is 3.95. The topological polar surface area (TPSA) is 0 Å². The summed E-state index contributed by atoms with van der Waals surface area (Å²) in [5.74, 6) is 1.16. The molecule has 0 nitrogen and oxygen atoms in total. The number of rotatable bonds is 3. The zero-order valence-corrected chi connectivity index (χ0v) is 11.1. The van der Waals surface area contributed by atoms with Crippen molar-refractivity contribution in [1.29, 1.82) is 0 Å². The van der Waals surface area contributed by atoms with Crippen molar-refractivity contribution in [3.05, 3.63) is 11.8 Å². The Balaban J connectivity index is 3.64. The van der Waals surface area contributed by atoms with E-state index < -0.39 is 8.07 Å². The molecule has 0 N–H and O–H groups in total. The van der Waals surface area contributed by atoms with Crippen molar-refractivity contribution in [1.82, 2.24) is 0 Å². The molecule has 0 aliphatic rings. The van der Waals surface area contributed by atoms with E-state index in [9.17, 15) is 0 Å². The van der Waals surface area contributed by atoms with Gasteiger partial charge in [0.2, 0.25) is 0 Å². The third-order valence-electron chi connectivity index (χ3n) is 1.23. The van der Waals surface area contributed by atoms with Crippen LogP contribution in [0, 0.1) is 0 Å². The van der Waals surface area contributed by atoms with Gasteiger partial charge in [-0.2, -0.15) is 11.8 Å². The fraction of sp³-hybridized carbons (Fsp3) is 0.800. The van der Waals surface area contributed by atoms with E-state index in [4.69, 9.17) is 0 Å². The summed E-state index contributed by atoms with van der Waals surface area (Å²) in [6.07, 6.45) is 2.34. The molecule has 0 aromatic heterocycles. The summed E-state index contributed by atoms with van der Waals surface area (Å²) in [6.45, 7) is 13.9. The van der Waals surface area contributed by atoms with Crippen molar-refractivity contribution in [3.63, 3.8) is 0 Å². The fourth-order valence-corrected chi connectivity index (χ4v) is 2.39. The van der Waals surface area contributed by atoms with E-state index in [1.165, 1.54) is 0 Å². The second-order valence-electron chi connectivity index (χ2n) is 5.19. The van der Waals surface area contributed by atoms with Crippen molar-refractivity contribution in [2.75, 3.05) is 5.75 Å². The highest BCUT2D eigenvalue weighted by Gasteiger charge is 2.09. The van der Waals surface area contributed by atoms with Crippen LogP contribution in [-0.2, 0) is 0 Å². The predicted molar refractivity (Wildman–Crippen MR) is 64.7 cm³/mol. The van der Waals surface area contributed by atoms with Gasteiger partial charge in [-0.1, -0.05) is 52.2 Å². The third-order valence-corrected chi connectivity index (χ3v) is 3.69. The maximum absolute atomic E-state index is 2.42. The van der Waals surface area contributed by atoms with Crippen molar-refractivity contribution in [3.8, 4) is 0 Å². The molecule has 72 valence electrons. The molecule has 0 bridgehead atoms. The van der Waals surface area contributed by atoms with Gasteiger partial charge in [-0.05, 0) is 0 Å². The van der Waals surface area contributed by atoms with Gasteiger partial charge in [-0.25, -0.2) is 0 Å². The molecule has 2 heteroatoms. The minimum Gasteiger partial charge on any atom is -0.152 e.